The summed E-state index contributed by atoms with van der Waals surface area (Å²) in [6.07, 6.45) is 7.63. The molecule has 1 atom stereocenters. The van der Waals surface area contributed by atoms with Crippen molar-refractivity contribution in [2.45, 2.75) is 36.0 Å². The van der Waals surface area contributed by atoms with Crippen LogP contribution in [0.1, 0.15) is 18.9 Å². The van der Waals surface area contributed by atoms with Gasteiger partial charge in [0.05, 0.1) is 25.4 Å². The summed E-state index contributed by atoms with van der Waals surface area (Å²) in [4.78, 5) is 5.27. The van der Waals surface area contributed by atoms with Crippen molar-refractivity contribution < 1.29 is 9.47 Å². The van der Waals surface area contributed by atoms with Crippen LogP contribution in [0.4, 0.5) is 0 Å². The molecular formula is C22H25ClN2O2S. The largest absolute Gasteiger partial charge is 0.493 e. The Bertz CT molecular complexity index is 884. The average molecular weight is 417 g/mol. The number of aryl methyl sites for hydroxylation is 1. The molecule has 1 aromatic heterocycles. The molecule has 4 nitrogen and oxygen atoms in total. The normalized spacial score (nSPS) is 13.1. The molecule has 0 bridgehead atoms. The minimum atomic E-state index is -0.0695. The molecule has 2 aromatic carbocycles. The van der Waals surface area contributed by atoms with Gasteiger partial charge >= 0.3 is 0 Å². The maximum absolute atomic E-state index is 6.03. The highest BCUT2D eigenvalue weighted by Crippen LogP contribution is 2.45. The van der Waals surface area contributed by atoms with Gasteiger partial charge in [-0.3, -0.25) is 0 Å². The second kappa shape index (κ2) is 9.39. The first kappa shape index (κ1) is 20.6. The second-order valence-corrected chi connectivity index (χ2v) is 8.97. The highest BCUT2D eigenvalue weighted by Gasteiger charge is 2.28. The third kappa shape index (κ3) is 5.24. The first-order chi connectivity index (χ1) is 13.5. The average Bonchev–Trinajstić information content (AvgIpc) is 3.20. The van der Waals surface area contributed by atoms with E-state index < -0.39 is 0 Å². The summed E-state index contributed by atoms with van der Waals surface area (Å²) in [5.41, 5.74) is 1.28. The van der Waals surface area contributed by atoms with E-state index in [2.05, 4.69) is 34.7 Å². The topological polar surface area (TPSA) is 36.3 Å². The van der Waals surface area contributed by atoms with Crippen molar-refractivity contribution in [3.8, 4) is 11.5 Å². The fourth-order valence-corrected chi connectivity index (χ4v) is 4.69. The fourth-order valence-electron chi connectivity index (χ4n) is 3.19. The lowest BCUT2D eigenvalue weighted by Gasteiger charge is -2.30. The van der Waals surface area contributed by atoms with Gasteiger partial charge in [0.1, 0.15) is 0 Å². The van der Waals surface area contributed by atoms with Crippen LogP contribution in [0.3, 0.4) is 0 Å². The molecule has 0 aliphatic heterocycles. The molecule has 0 N–H and O–H groups in total. The molecule has 28 heavy (non-hydrogen) atoms. The minimum Gasteiger partial charge on any atom is -0.493 e. The molecule has 0 spiro atoms. The molecule has 1 unspecified atom stereocenters. The Morgan fingerprint density at radius 3 is 2.54 bits per heavy atom. The van der Waals surface area contributed by atoms with E-state index in [1.165, 1.54) is 5.56 Å². The number of imidazole rings is 1. The highest BCUT2D eigenvalue weighted by molar-refractivity contribution is 8.00. The van der Waals surface area contributed by atoms with E-state index in [9.17, 15) is 0 Å². The summed E-state index contributed by atoms with van der Waals surface area (Å²) < 4.78 is 13.2. The molecule has 0 fully saturated rings. The van der Waals surface area contributed by atoms with E-state index in [0.29, 0.717) is 0 Å². The first-order valence-corrected chi connectivity index (χ1v) is 10.3. The monoisotopic (exact) mass is 416 g/mol. The number of methoxy groups -OCH3 is 2. The molecule has 6 heteroatoms. The smallest absolute Gasteiger partial charge is 0.174 e. The lowest BCUT2D eigenvalue weighted by atomic mass is 10.00. The molecule has 0 aliphatic rings. The SMILES string of the molecule is COc1cccc(SC(C)(CCc2ccc(Cl)cc2)Cn2ccnc2)c1OC. The molecule has 0 amide bonds. The van der Waals surface area contributed by atoms with Crippen LogP contribution in [0.15, 0.2) is 66.1 Å². The second-order valence-electron chi connectivity index (χ2n) is 6.91. The van der Waals surface area contributed by atoms with Crippen molar-refractivity contribution in [3.63, 3.8) is 0 Å². The van der Waals surface area contributed by atoms with Gasteiger partial charge < -0.3 is 14.0 Å². The van der Waals surface area contributed by atoms with Crippen molar-refractivity contribution in [2.75, 3.05) is 14.2 Å². The molecule has 3 aromatic rings. The lowest BCUT2D eigenvalue weighted by molar-refractivity contribution is 0.347. The number of halogens is 1. The quantitative estimate of drug-likeness (QED) is 0.417. The van der Waals surface area contributed by atoms with Crippen LogP contribution in [0.5, 0.6) is 11.5 Å². The Kier molecular flexibility index (Phi) is 6.92. The van der Waals surface area contributed by atoms with Gasteiger partial charge in [-0.05, 0) is 49.6 Å². The molecule has 0 saturated heterocycles. The van der Waals surface area contributed by atoms with Crippen molar-refractivity contribution in [3.05, 3.63) is 71.8 Å². The van der Waals surface area contributed by atoms with Crippen LogP contribution in [-0.4, -0.2) is 28.5 Å². The number of rotatable bonds is 9. The zero-order valence-electron chi connectivity index (χ0n) is 16.4. The van der Waals surface area contributed by atoms with Gasteiger partial charge in [-0.1, -0.05) is 29.8 Å². The summed E-state index contributed by atoms with van der Waals surface area (Å²) in [7, 11) is 3.35. The number of hydrogen-bond donors (Lipinski definition) is 0. The first-order valence-electron chi connectivity index (χ1n) is 9.13. The standard InChI is InChI=1S/C22H25ClN2O2S/c1-22(15-25-14-13-24-16-25,12-11-17-7-9-18(23)10-8-17)28-20-6-4-5-19(26-2)21(20)27-3/h4-10,13-14,16H,11-12,15H2,1-3H3. The minimum absolute atomic E-state index is 0.0695. The number of benzene rings is 2. The molecule has 0 saturated carbocycles. The van der Waals surface area contributed by atoms with Gasteiger partial charge in [0.25, 0.3) is 0 Å². The van der Waals surface area contributed by atoms with E-state index >= 15 is 0 Å². The van der Waals surface area contributed by atoms with Crippen LogP contribution < -0.4 is 9.47 Å². The van der Waals surface area contributed by atoms with Crippen molar-refractivity contribution in [2.24, 2.45) is 0 Å². The van der Waals surface area contributed by atoms with E-state index in [0.717, 1.165) is 40.8 Å². The van der Waals surface area contributed by atoms with Gasteiger partial charge in [-0.2, -0.15) is 0 Å². The number of aromatic nitrogens is 2. The molecule has 0 aliphatic carbocycles. The zero-order chi connectivity index (χ0) is 20.0. The van der Waals surface area contributed by atoms with Crippen molar-refractivity contribution >= 4 is 23.4 Å². The van der Waals surface area contributed by atoms with Gasteiger partial charge in [0.2, 0.25) is 0 Å². The van der Waals surface area contributed by atoms with Gasteiger partial charge in [-0.25, -0.2) is 4.98 Å². The van der Waals surface area contributed by atoms with Crippen LogP contribution in [0.25, 0.3) is 0 Å². The van der Waals surface area contributed by atoms with E-state index in [1.807, 2.05) is 54.7 Å². The molecule has 0 radical (unpaired) electrons. The van der Waals surface area contributed by atoms with E-state index in [-0.39, 0.29) is 4.75 Å². The Hall–Kier alpha value is -2.11. The van der Waals surface area contributed by atoms with Crippen LogP contribution >= 0.6 is 23.4 Å². The maximum Gasteiger partial charge on any atom is 0.174 e. The third-order valence-corrected chi connectivity index (χ3v) is 6.27. The summed E-state index contributed by atoms with van der Waals surface area (Å²) in [5.74, 6) is 1.52. The zero-order valence-corrected chi connectivity index (χ0v) is 18.0. The third-order valence-electron chi connectivity index (χ3n) is 4.66. The van der Waals surface area contributed by atoms with E-state index in [4.69, 9.17) is 21.1 Å². The number of thioether (sulfide) groups is 1. The maximum atomic E-state index is 6.03. The van der Waals surface area contributed by atoms with E-state index in [1.54, 1.807) is 14.2 Å². The van der Waals surface area contributed by atoms with Crippen molar-refractivity contribution in [1.82, 2.24) is 9.55 Å². The van der Waals surface area contributed by atoms with Crippen LogP contribution in [0.2, 0.25) is 5.02 Å². The van der Waals surface area contributed by atoms with Crippen LogP contribution in [-0.2, 0) is 13.0 Å². The summed E-state index contributed by atoms with van der Waals surface area (Å²) in [6.45, 7) is 3.12. The summed E-state index contributed by atoms with van der Waals surface area (Å²) >= 11 is 7.84. The molecule has 1 heterocycles. The highest BCUT2D eigenvalue weighted by atomic mass is 35.5. The Morgan fingerprint density at radius 1 is 1.11 bits per heavy atom. The Morgan fingerprint density at radius 2 is 1.89 bits per heavy atom. The fraction of sp³-hybridized carbons (Fsp3) is 0.318. The Balaban J connectivity index is 1.85. The van der Waals surface area contributed by atoms with Gasteiger partial charge in [0, 0.05) is 28.7 Å². The molecule has 148 valence electrons. The van der Waals surface area contributed by atoms with Crippen molar-refractivity contribution in [1.29, 1.82) is 0 Å². The summed E-state index contributed by atoms with van der Waals surface area (Å²) in [6, 6.07) is 14.1. The predicted molar refractivity (Wildman–Crippen MR) is 116 cm³/mol. The van der Waals surface area contributed by atoms with Gasteiger partial charge in [-0.15, -0.1) is 11.8 Å². The lowest BCUT2D eigenvalue weighted by Crippen LogP contribution is -2.27. The number of nitrogens with zero attached hydrogens (tertiary/aromatic N) is 2. The predicted octanol–water partition coefficient (Wildman–Crippen LogP) is 5.74. The number of ether oxygens (including phenoxy) is 2. The number of para-hydroxylation sites is 1. The summed E-state index contributed by atoms with van der Waals surface area (Å²) in [5, 5.41) is 0.764. The Labute approximate surface area is 175 Å². The molecular weight excluding hydrogens is 392 g/mol. The van der Waals surface area contributed by atoms with Crippen LogP contribution in [0, 0.1) is 0 Å². The molecule has 3 rings (SSSR count). The number of hydrogen-bond acceptors (Lipinski definition) is 4. The van der Waals surface area contributed by atoms with Gasteiger partial charge in [0.15, 0.2) is 11.5 Å².